The van der Waals surface area contributed by atoms with Gasteiger partial charge in [-0.1, -0.05) is 0 Å². The van der Waals surface area contributed by atoms with Gasteiger partial charge in [-0.25, -0.2) is 4.79 Å². The summed E-state index contributed by atoms with van der Waals surface area (Å²) in [7, 11) is 0. The summed E-state index contributed by atoms with van der Waals surface area (Å²) >= 11 is 0. The molecule has 0 spiro atoms. The number of alkyl halides is 3. The Bertz CT molecular complexity index is 923. The zero-order valence-electron chi connectivity index (χ0n) is 16.6. The minimum atomic E-state index is -4.43. The average Bonchev–Trinajstić information content (AvgIpc) is 2.96. The predicted molar refractivity (Wildman–Crippen MR) is 108 cm³/mol. The third kappa shape index (κ3) is 4.07. The lowest BCUT2D eigenvalue weighted by Crippen LogP contribution is -2.53. The number of nitrogens with one attached hydrogen (secondary N) is 1. The van der Waals surface area contributed by atoms with Crippen molar-refractivity contribution >= 4 is 23.4 Å². The van der Waals surface area contributed by atoms with Gasteiger partial charge in [0.15, 0.2) is 0 Å². The first-order chi connectivity index (χ1) is 13.2. The quantitative estimate of drug-likeness (QED) is 0.768. The normalized spacial score (nSPS) is 21.3. The number of aromatic amines is 1. The van der Waals surface area contributed by atoms with E-state index >= 15 is 0 Å². The molecule has 162 valence electrons. The van der Waals surface area contributed by atoms with Gasteiger partial charge in [0.2, 0.25) is 0 Å². The highest BCUT2D eigenvalue weighted by molar-refractivity contribution is 5.85. The van der Waals surface area contributed by atoms with Gasteiger partial charge in [0.1, 0.15) is 0 Å². The van der Waals surface area contributed by atoms with Gasteiger partial charge >= 0.3 is 11.9 Å². The van der Waals surface area contributed by atoms with Gasteiger partial charge < -0.3 is 9.72 Å². The van der Waals surface area contributed by atoms with Crippen molar-refractivity contribution in [3.05, 3.63) is 33.7 Å². The summed E-state index contributed by atoms with van der Waals surface area (Å²) in [5.41, 5.74) is 0.0556. The van der Waals surface area contributed by atoms with Crippen LogP contribution >= 0.6 is 12.4 Å². The van der Waals surface area contributed by atoms with Crippen LogP contribution in [0.2, 0.25) is 0 Å². The van der Waals surface area contributed by atoms with Crippen molar-refractivity contribution in [2.24, 2.45) is 0 Å². The van der Waals surface area contributed by atoms with E-state index in [-0.39, 0.29) is 40.8 Å². The molecule has 9 heteroatoms. The lowest BCUT2D eigenvalue weighted by atomic mass is 9.87. The first-order valence-electron chi connectivity index (χ1n) is 9.84. The molecule has 0 unspecified atom stereocenters. The molecule has 0 bridgehead atoms. The van der Waals surface area contributed by atoms with E-state index in [1.807, 2.05) is 0 Å². The number of likely N-dealkylation sites (tertiary alicyclic amines) is 1. The smallest absolute Gasteiger partial charge is 0.381 e. The lowest BCUT2D eigenvalue weighted by Gasteiger charge is -2.47. The number of benzene rings is 1. The number of imidazole rings is 1. The van der Waals surface area contributed by atoms with Gasteiger partial charge in [-0.3, -0.25) is 9.47 Å². The maximum Gasteiger partial charge on any atom is 0.416 e. The summed E-state index contributed by atoms with van der Waals surface area (Å²) in [4.78, 5) is 17.7. The van der Waals surface area contributed by atoms with Crippen molar-refractivity contribution < 1.29 is 17.9 Å². The van der Waals surface area contributed by atoms with Crippen molar-refractivity contribution in [1.82, 2.24) is 14.5 Å². The molecule has 1 aromatic carbocycles. The molecule has 29 heavy (non-hydrogen) atoms. The van der Waals surface area contributed by atoms with E-state index in [0.717, 1.165) is 58.1 Å². The highest BCUT2D eigenvalue weighted by atomic mass is 35.5. The molecule has 2 fully saturated rings. The van der Waals surface area contributed by atoms with Crippen molar-refractivity contribution in [2.45, 2.75) is 57.3 Å². The highest BCUT2D eigenvalue weighted by Crippen LogP contribution is 2.36. The van der Waals surface area contributed by atoms with Gasteiger partial charge in [0, 0.05) is 37.9 Å². The van der Waals surface area contributed by atoms with Crippen LogP contribution in [0.15, 0.2) is 16.9 Å². The van der Waals surface area contributed by atoms with Gasteiger partial charge in [0.05, 0.1) is 16.6 Å². The Morgan fingerprint density at radius 2 is 1.79 bits per heavy atom. The second kappa shape index (κ2) is 7.96. The third-order valence-electron chi connectivity index (χ3n) is 6.53. The van der Waals surface area contributed by atoms with E-state index in [9.17, 15) is 18.0 Å². The molecular formula is C20H27ClF3N3O2. The van der Waals surface area contributed by atoms with E-state index in [1.54, 1.807) is 4.57 Å². The Morgan fingerprint density at radius 3 is 2.38 bits per heavy atom. The van der Waals surface area contributed by atoms with Crippen LogP contribution in [-0.2, 0) is 10.9 Å². The summed E-state index contributed by atoms with van der Waals surface area (Å²) in [5, 5.41) is 0. The van der Waals surface area contributed by atoms with Crippen LogP contribution in [0.3, 0.4) is 0 Å². The summed E-state index contributed by atoms with van der Waals surface area (Å²) < 4.78 is 46.7. The van der Waals surface area contributed by atoms with Crippen LogP contribution in [-0.4, -0.2) is 46.3 Å². The number of aryl methyl sites for hydroxylation is 1. The summed E-state index contributed by atoms with van der Waals surface area (Å²) in [6.45, 7) is 7.02. The minimum absolute atomic E-state index is 0. The molecule has 0 saturated carbocycles. The molecule has 2 aromatic rings. The lowest BCUT2D eigenvalue weighted by molar-refractivity contribution is -0.137. The molecule has 2 saturated heterocycles. The summed E-state index contributed by atoms with van der Waals surface area (Å²) in [5.74, 6) is 0. The van der Waals surface area contributed by atoms with Crippen LogP contribution < -0.4 is 5.69 Å². The van der Waals surface area contributed by atoms with E-state index in [1.165, 1.54) is 13.0 Å². The third-order valence-corrected chi connectivity index (χ3v) is 6.53. The van der Waals surface area contributed by atoms with E-state index < -0.39 is 11.7 Å². The molecule has 0 atom stereocenters. The molecular weight excluding hydrogens is 407 g/mol. The van der Waals surface area contributed by atoms with Crippen molar-refractivity contribution in [2.75, 3.05) is 26.3 Å². The summed E-state index contributed by atoms with van der Waals surface area (Å²) in [6.07, 6.45) is -0.803. The molecule has 0 amide bonds. The number of piperidine rings is 1. The molecule has 1 N–H and O–H groups in total. The Kier molecular flexibility index (Phi) is 6.09. The molecule has 3 heterocycles. The second-order valence-electron chi connectivity index (χ2n) is 8.31. The van der Waals surface area contributed by atoms with Crippen molar-refractivity contribution in [1.29, 1.82) is 0 Å². The molecule has 1 aromatic heterocycles. The zero-order valence-corrected chi connectivity index (χ0v) is 17.5. The number of rotatable bonds is 2. The minimum Gasteiger partial charge on any atom is -0.381 e. The van der Waals surface area contributed by atoms with Crippen LogP contribution in [0.1, 0.15) is 49.8 Å². The Balaban J connectivity index is 0.00000240. The van der Waals surface area contributed by atoms with Crippen molar-refractivity contribution in [3.63, 3.8) is 0 Å². The Labute approximate surface area is 173 Å². The van der Waals surface area contributed by atoms with E-state index in [4.69, 9.17) is 4.74 Å². The number of nitrogens with zero attached hydrogens (tertiary/aromatic N) is 2. The molecule has 0 radical (unpaired) electrons. The van der Waals surface area contributed by atoms with Gasteiger partial charge in [-0.15, -0.1) is 12.4 Å². The van der Waals surface area contributed by atoms with Gasteiger partial charge in [-0.05, 0) is 57.2 Å². The number of aromatic nitrogens is 2. The number of ether oxygens (including phenoxy) is 1. The maximum atomic E-state index is 13.2. The number of hydrogen-bond donors (Lipinski definition) is 1. The highest BCUT2D eigenvalue weighted by Gasteiger charge is 2.37. The van der Waals surface area contributed by atoms with Gasteiger partial charge in [0.25, 0.3) is 0 Å². The fourth-order valence-electron chi connectivity index (χ4n) is 4.74. The first-order valence-corrected chi connectivity index (χ1v) is 9.84. The summed E-state index contributed by atoms with van der Waals surface area (Å²) in [6, 6.07) is 2.54. The number of fused-ring (bicyclic) bond motifs is 1. The number of hydrogen-bond acceptors (Lipinski definition) is 3. The molecule has 0 aliphatic carbocycles. The SMILES string of the molecule is Cc1cc2c(cc1C(F)(F)F)[nH]c(=O)n2C1CCN(C2(C)CCOCC2)CC1.Cl. The van der Waals surface area contributed by atoms with Crippen LogP contribution in [0.25, 0.3) is 11.0 Å². The first kappa shape index (κ1) is 22.2. The maximum absolute atomic E-state index is 13.2. The number of halogens is 4. The van der Waals surface area contributed by atoms with Crippen LogP contribution in [0.4, 0.5) is 13.2 Å². The van der Waals surface area contributed by atoms with E-state index in [2.05, 4.69) is 16.8 Å². The fraction of sp³-hybridized carbons (Fsp3) is 0.650. The van der Waals surface area contributed by atoms with Crippen LogP contribution in [0, 0.1) is 6.92 Å². The molecule has 4 rings (SSSR count). The second-order valence-corrected chi connectivity index (χ2v) is 8.31. The number of H-pyrrole nitrogens is 1. The largest absolute Gasteiger partial charge is 0.416 e. The molecule has 2 aliphatic heterocycles. The Morgan fingerprint density at radius 1 is 1.17 bits per heavy atom. The zero-order chi connectivity index (χ0) is 20.1. The monoisotopic (exact) mass is 433 g/mol. The van der Waals surface area contributed by atoms with Crippen LogP contribution in [0.5, 0.6) is 0 Å². The fourth-order valence-corrected chi connectivity index (χ4v) is 4.74. The van der Waals surface area contributed by atoms with E-state index in [0.29, 0.717) is 5.52 Å². The topological polar surface area (TPSA) is 50.3 Å². The molecule has 5 nitrogen and oxygen atoms in total. The Hall–Kier alpha value is -1.51. The standard InChI is InChI=1S/C20H26F3N3O2.ClH/c1-13-11-17-16(12-15(13)20(21,22)23)24-18(27)26(17)14-3-7-25(8-4-14)19(2)5-9-28-10-6-19;/h11-12,14H,3-10H2,1-2H3,(H,24,27);1H. The average molecular weight is 434 g/mol. The predicted octanol–water partition coefficient (Wildman–Crippen LogP) is 4.28. The molecule has 2 aliphatic rings. The van der Waals surface area contributed by atoms with Crippen molar-refractivity contribution in [3.8, 4) is 0 Å². The van der Waals surface area contributed by atoms with Gasteiger partial charge in [-0.2, -0.15) is 13.2 Å².